The molecule has 0 radical (unpaired) electrons. The monoisotopic (exact) mass is 299 g/mol. The molecule has 0 amide bonds. The minimum absolute atomic E-state index is 0.408. The SMILES string of the molecule is COc1ccc(-c2cc(=S)n3[nH]c(C(C)C)cc3n2)cc1. The van der Waals surface area contributed by atoms with Crippen LogP contribution in [-0.2, 0) is 0 Å². The Morgan fingerprint density at radius 2 is 1.90 bits per heavy atom. The molecule has 0 fully saturated rings. The highest BCUT2D eigenvalue weighted by Crippen LogP contribution is 2.23. The van der Waals surface area contributed by atoms with E-state index < -0.39 is 0 Å². The van der Waals surface area contributed by atoms with Gasteiger partial charge in [0.25, 0.3) is 0 Å². The molecular formula is C16H17N3OS. The average Bonchev–Trinajstić information content (AvgIpc) is 2.92. The highest BCUT2D eigenvalue weighted by molar-refractivity contribution is 7.71. The van der Waals surface area contributed by atoms with Crippen LogP contribution < -0.4 is 4.74 Å². The molecule has 4 nitrogen and oxygen atoms in total. The van der Waals surface area contributed by atoms with Gasteiger partial charge in [0.2, 0.25) is 0 Å². The predicted molar refractivity (Wildman–Crippen MR) is 86.5 cm³/mol. The normalized spacial score (nSPS) is 11.2. The van der Waals surface area contributed by atoms with Gasteiger partial charge in [-0.2, -0.15) is 0 Å². The van der Waals surface area contributed by atoms with Crippen molar-refractivity contribution >= 4 is 17.9 Å². The molecule has 1 aromatic carbocycles. The number of aromatic amines is 1. The molecule has 0 saturated heterocycles. The lowest BCUT2D eigenvalue weighted by atomic mass is 10.1. The number of aromatic nitrogens is 3. The Kier molecular flexibility index (Phi) is 3.51. The number of nitrogens with zero attached hydrogens (tertiary/aromatic N) is 2. The summed E-state index contributed by atoms with van der Waals surface area (Å²) in [6.07, 6.45) is 0. The van der Waals surface area contributed by atoms with Gasteiger partial charge in [-0.15, -0.1) is 0 Å². The van der Waals surface area contributed by atoms with E-state index >= 15 is 0 Å². The van der Waals surface area contributed by atoms with Crippen LogP contribution in [0, 0.1) is 4.64 Å². The van der Waals surface area contributed by atoms with Crippen molar-refractivity contribution in [2.45, 2.75) is 19.8 Å². The minimum Gasteiger partial charge on any atom is -0.497 e. The largest absolute Gasteiger partial charge is 0.497 e. The Labute approximate surface area is 128 Å². The summed E-state index contributed by atoms with van der Waals surface area (Å²) in [5.74, 6) is 1.24. The Morgan fingerprint density at radius 3 is 2.52 bits per heavy atom. The van der Waals surface area contributed by atoms with E-state index in [1.165, 1.54) is 0 Å². The fourth-order valence-corrected chi connectivity index (χ4v) is 2.47. The van der Waals surface area contributed by atoms with Crippen LogP contribution in [0.4, 0.5) is 0 Å². The second-order valence-electron chi connectivity index (χ2n) is 5.27. The molecule has 2 aromatic heterocycles. The Morgan fingerprint density at radius 1 is 1.19 bits per heavy atom. The maximum absolute atomic E-state index is 5.46. The molecule has 0 aliphatic rings. The molecule has 0 aliphatic carbocycles. The number of rotatable bonds is 3. The molecule has 21 heavy (non-hydrogen) atoms. The molecule has 1 N–H and O–H groups in total. The van der Waals surface area contributed by atoms with Gasteiger partial charge in [-0.3, -0.25) is 5.10 Å². The zero-order valence-corrected chi connectivity index (χ0v) is 13.1. The number of ether oxygens (including phenoxy) is 1. The third-order valence-corrected chi connectivity index (χ3v) is 3.78. The molecule has 5 heteroatoms. The van der Waals surface area contributed by atoms with Gasteiger partial charge in [-0.25, -0.2) is 9.50 Å². The molecule has 0 bridgehead atoms. The van der Waals surface area contributed by atoms with Crippen molar-refractivity contribution in [3.8, 4) is 17.0 Å². The van der Waals surface area contributed by atoms with Crippen molar-refractivity contribution in [3.63, 3.8) is 0 Å². The summed E-state index contributed by atoms with van der Waals surface area (Å²) in [6, 6.07) is 11.8. The summed E-state index contributed by atoms with van der Waals surface area (Å²) in [7, 11) is 1.66. The Balaban J connectivity index is 2.12. The van der Waals surface area contributed by atoms with Crippen molar-refractivity contribution < 1.29 is 4.74 Å². The first-order valence-corrected chi connectivity index (χ1v) is 7.26. The molecule has 0 atom stereocenters. The summed E-state index contributed by atoms with van der Waals surface area (Å²) in [5, 5.41) is 3.29. The third kappa shape index (κ3) is 2.56. The van der Waals surface area contributed by atoms with Crippen LogP contribution >= 0.6 is 12.2 Å². The minimum atomic E-state index is 0.408. The number of nitrogens with one attached hydrogen (secondary N) is 1. The summed E-state index contributed by atoms with van der Waals surface area (Å²) in [4.78, 5) is 4.69. The fourth-order valence-electron chi connectivity index (χ4n) is 2.22. The lowest BCUT2D eigenvalue weighted by Crippen LogP contribution is -1.95. The lowest BCUT2D eigenvalue weighted by Gasteiger charge is -2.04. The van der Waals surface area contributed by atoms with Crippen LogP contribution in [0.15, 0.2) is 36.4 Å². The summed E-state index contributed by atoms with van der Waals surface area (Å²) < 4.78 is 7.74. The van der Waals surface area contributed by atoms with Crippen LogP contribution in [0.5, 0.6) is 5.75 Å². The van der Waals surface area contributed by atoms with E-state index in [0.29, 0.717) is 5.92 Å². The number of H-pyrrole nitrogens is 1. The maximum atomic E-state index is 5.46. The van der Waals surface area contributed by atoms with Crippen LogP contribution in [0.1, 0.15) is 25.5 Å². The molecule has 0 spiro atoms. The van der Waals surface area contributed by atoms with Gasteiger partial charge < -0.3 is 4.74 Å². The van der Waals surface area contributed by atoms with E-state index in [9.17, 15) is 0 Å². The van der Waals surface area contributed by atoms with Crippen LogP contribution in [0.3, 0.4) is 0 Å². The van der Waals surface area contributed by atoms with E-state index in [1.54, 1.807) is 7.11 Å². The highest BCUT2D eigenvalue weighted by atomic mass is 32.1. The molecule has 2 heterocycles. The predicted octanol–water partition coefficient (Wildman–Crippen LogP) is 4.19. The standard InChI is InChI=1S/C16H17N3OS/c1-10(2)13-8-15-17-14(9-16(21)19(15)18-13)11-4-6-12(20-3)7-5-11/h4-10,18H,1-3H3. The van der Waals surface area contributed by atoms with Gasteiger partial charge in [0, 0.05) is 23.4 Å². The van der Waals surface area contributed by atoms with Gasteiger partial charge >= 0.3 is 0 Å². The molecule has 0 aliphatic heterocycles. The zero-order chi connectivity index (χ0) is 15.0. The van der Waals surface area contributed by atoms with Gasteiger partial charge in [-0.1, -0.05) is 26.1 Å². The lowest BCUT2D eigenvalue weighted by molar-refractivity contribution is 0.415. The number of hydrogen-bond acceptors (Lipinski definition) is 3. The van der Waals surface area contributed by atoms with E-state index in [2.05, 4.69) is 23.9 Å². The van der Waals surface area contributed by atoms with Crippen molar-refractivity contribution in [1.82, 2.24) is 14.6 Å². The number of fused-ring (bicyclic) bond motifs is 1. The van der Waals surface area contributed by atoms with Crippen LogP contribution in [-0.4, -0.2) is 21.7 Å². The first kappa shape index (κ1) is 13.8. The Hall–Kier alpha value is -2.14. The smallest absolute Gasteiger partial charge is 0.155 e. The second-order valence-corrected chi connectivity index (χ2v) is 5.69. The molecule has 3 rings (SSSR count). The molecule has 108 valence electrons. The average molecular weight is 299 g/mol. The number of methoxy groups -OCH3 is 1. The van der Waals surface area contributed by atoms with Crippen molar-refractivity contribution in [2.24, 2.45) is 0 Å². The summed E-state index contributed by atoms with van der Waals surface area (Å²) in [5.41, 5.74) is 3.87. The molecule has 3 aromatic rings. The first-order valence-electron chi connectivity index (χ1n) is 6.85. The molecule has 0 unspecified atom stereocenters. The van der Waals surface area contributed by atoms with Crippen LogP contribution in [0.25, 0.3) is 16.9 Å². The van der Waals surface area contributed by atoms with Crippen molar-refractivity contribution in [2.75, 3.05) is 7.11 Å². The Bertz CT molecular complexity index is 831. The molecule has 0 saturated carbocycles. The van der Waals surface area contributed by atoms with E-state index in [1.807, 2.05) is 40.9 Å². The third-order valence-electron chi connectivity index (χ3n) is 3.48. The van der Waals surface area contributed by atoms with Gasteiger partial charge in [0.1, 0.15) is 10.4 Å². The quantitative estimate of drug-likeness (QED) is 0.737. The van der Waals surface area contributed by atoms with Gasteiger partial charge in [0.15, 0.2) is 5.65 Å². The van der Waals surface area contributed by atoms with Gasteiger partial charge in [0.05, 0.1) is 12.8 Å². The zero-order valence-electron chi connectivity index (χ0n) is 12.3. The van der Waals surface area contributed by atoms with Crippen molar-refractivity contribution in [1.29, 1.82) is 0 Å². The highest BCUT2D eigenvalue weighted by Gasteiger charge is 2.08. The van der Waals surface area contributed by atoms with Gasteiger partial charge in [-0.05, 0) is 30.2 Å². The van der Waals surface area contributed by atoms with E-state index in [4.69, 9.17) is 17.0 Å². The number of benzene rings is 1. The van der Waals surface area contributed by atoms with Crippen LogP contribution in [0.2, 0.25) is 0 Å². The number of hydrogen-bond donors (Lipinski definition) is 1. The molecular weight excluding hydrogens is 282 g/mol. The van der Waals surface area contributed by atoms with Crippen molar-refractivity contribution in [3.05, 3.63) is 46.7 Å². The topological polar surface area (TPSA) is 42.3 Å². The maximum Gasteiger partial charge on any atom is 0.155 e. The second kappa shape index (κ2) is 5.33. The summed E-state index contributed by atoms with van der Waals surface area (Å²) >= 11 is 5.46. The van der Waals surface area contributed by atoms with E-state index in [0.717, 1.165) is 33.0 Å². The fraction of sp³-hybridized carbons (Fsp3) is 0.250. The first-order chi connectivity index (χ1) is 10.1. The van der Waals surface area contributed by atoms with E-state index in [-0.39, 0.29) is 0 Å². The summed E-state index contributed by atoms with van der Waals surface area (Å²) in [6.45, 7) is 4.28.